The lowest BCUT2D eigenvalue weighted by Crippen LogP contribution is -2.04. The molecule has 0 bridgehead atoms. The van der Waals surface area contributed by atoms with Crippen molar-refractivity contribution in [3.8, 4) is 0 Å². The SMILES string of the molecule is Nc1ccc(S(=O)CCCn2ccnc2)c(Cl)c1. The first-order chi connectivity index (χ1) is 8.66. The molecule has 0 fully saturated rings. The van der Waals surface area contributed by atoms with Gasteiger partial charge in [-0.15, -0.1) is 0 Å². The maximum absolute atomic E-state index is 12.1. The van der Waals surface area contributed by atoms with E-state index >= 15 is 0 Å². The molecule has 6 heteroatoms. The Bertz CT molecular complexity index is 542. The van der Waals surface area contributed by atoms with Crippen LogP contribution in [0.1, 0.15) is 6.42 Å². The van der Waals surface area contributed by atoms with Gasteiger partial charge >= 0.3 is 0 Å². The molecule has 0 spiro atoms. The van der Waals surface area contributed by atoms with Crippen LogP contribution < -0.4 is 5.73 Å². The van der Waals surface area contributed by atoms with Crippen molar-refractivity contribution in [3.63, 3.8) is 0 Å². The summed E-state index contributed by atoms with van der Waals surface area (Å²) >= 11 is 6.01. The fourth-order valence-corrected chi connectivity index (χ4v) is 3.16. The van der Waals surface area contributed by atoms with Gasteiger partial charge in [0, 0.05) is 30.4 Å². The topological polar surface area (TPSA) is 60.9 Å². The van der Waals surface area contributed by atoms with Gasteiger partial charge in [-0.3, -0.25) is 4.21 Å². The highest BCUT2D eigenvalue weighted by Crippen LogP contribution is 2.22. The van der Waals surface area contributed by atoms with Crippen molar-refractivity contribution in [2.24, 2.45) is 0 Å². The van der Waals surface area contributed by atoms with E-state index < -0.39 is 10.8 Å². The van der Waals surface area contributed by atoms with Crippen molar-refractivity contribution in [2.45, 2.75) is 17.9 Å². The van der Waals surface area contributed by atoms with E-state index in [1.807, 2.05) is 10.8 Å². The van der Waals surface area contributed by atoms with E-state index in [9.17, 15) is 4.21 Å². The highest BCUT2D eigenvalue weighted by molar-refractivity contribution is 7.85. The molecule has 1 atom stereocenters. The Labute approximate surface area is 113 Å². The van der Waals surface area contributed by atoms with Gasteiger partial charge in [0.15, 0.2) is 0 Å². The molecule has 1 aromatic carbocycles. The molecule has 0 aliphatic carbocycles. The summed E-state index contributed by atoms with van der Waals surface area (Å²) < 4.78 is 14.0. The number of aromatic nitrogens is 2. The van der Waals surface area contributed by atoms with Gasteiger partial charge in [-0.25, -0.2) is 4.98 Å². The minimum atomic E-state index is -1.09. The lowest BCUT2D eigenvalue weighted by Gasteiger charge is -2.06. The van der Waals surface area contributed by atoms with E-state index in [1.165, 1.54) is 0 Å². The number of nitrogens with zero attached hydrogens (tertiary/aromatic N) is 2. The molecule has 4 nitrogen and oxygen atoms in total. The first kappa shape index (κ1) is 13.1. The minimum Gasteiger partial charge on any atom is -0.399 e. The number of halogens is 1. The second kappa shape index (κ2) is 6.02. The van der Waals surface area contributed by atoms with Crippen LogP contribution in [0.25, 0.3) is 0 Å². The third-order valence-corrected chi connectivity index (χ3v) is 4.44. The van der Waals surface area contributed by atoms with Crippen LogP contribution in [0.15, 0.2) is 41.8 Å². The summed E-state index contributed by atoms with van der Waals surface area (Å²) in [6.07, 6.45) is 6.18. The van der Waals surface area contributed by atoms with Gasteiger partial charge < -0.3 is 10.3 Å². The van der Waals surface area contributed by atoms with Crippen LogP contribution in [0.5, 0.6) is 0 Å². The molecule has 2 rings (SSSR count). The Kier molecular flexibility index (Phi) is 4.38. The normalized spacial score (nSPS) is 12.5. The van der Waals surface area contributed by atoms with Gasteiger partial charge in [-0.1, -0.05) is 11.6 Å². The number of nitrogens with two attached hydrogens (primary N) is 1. The zero-order valence-electron chi connectivity index (χ0n) is 9.75. The standard InChI is InChI=1S/C12H14ClN3OS/c13-11-8-10(14)2-3-12(11)18(17)7-1-5-16-6-4-15-9-16/h2-4,6,8-9H,1,5,7,14H2. The highest BCUT2D eigenvalue weighted by Gasteiger charge is 2.08. The summed E-state index contributed by atoms with van der Waals surface area (Å²) in [6, 6.07) is 5.07. The Hall–Kier alpha value is -1.33. The van der Waals surface area contributed by atoms with Crippen molar-refractivity contribution in [2.75, 3.05) is 11.5 Å². The quantitative estimate of drug-likeness (QED) is 0.857. The third-order valence-electron chi connectivity index (χ3n) is 2.51. The molecule has 0 radical (unpaired) electrons. The van der Waals surface area contributed by atoms with Crippen molar-refractivity contribution < 1.29 is 4.21 Å². The van der Waals surface area contributed by atoms with Crippen LogP contribution in [0, 0.1) is 0 Å². The number of benzene rings is 1. The molecular weight excluding hydrogens is 270 g/mol. The summed E-state index contributed by atoms with van der Waals surface area (Å²) in [7, 11) is -1.09. The van der Waals surface area contributed by atoms with Gasteiger partial charge in [0.1, 0.15) is 0 Å². The second-order valence-electron chi connectivity index (χ2n) is 3.89. The largest absolute Gasteiger partial charge is 0.399 e. The molecule has 1 heterocycles. The number of aryl methyl sites for hydroxylation is 1. The van der Waals surface area contributed by atoms with Gasteiger partial charge in [-0.2, -0.15) is 0 Å². The Morgan fingerprint density at radius 2 is 2.28 bits per heavy atom. The molecule has 1 aromatic heterocycles. The Morgan fingerprint density at radius 3 is 2.94 bits per heavy atom. The molecule has 2 aromatic rings. The van der Waals surface area contributed by atoms with E-state index in [-0.39, 0.29) is 0 Å². The summed E-state index contributed by atoms with van der Waals surface area (Å²) in [5.74, 6) is 0.571. The smallest absolute Gasteiger partial charge is 0.0945 e. The zero-order chi connectivity index (χ0) is 13.0. The van der Waals surface area contributed by atoms with E-state index in [0.717, 1.165) is 13.0 Å². The number of hydrogen-bond donors (Lipinski definition) is 1. The van der Waals surface area contributed by atoms with Crippen LogP contribution in [0.2, 0.25) is 5.02 Å². The van der Waals surface area contributed by atoms with Crippen molar-refractivity contribution >= 4 is 28.1 Å². The van der Waals surface area contributed by atoms with Crippen LogP contribution in [-0.4, -0.2) is 19.5 Å². The first-order valence-electron chi connectivity index (χ1n) is 5.56. The molecule has 0 saturated heterocycles. The number of anilines is 1. The van der Waals surface area contributed by atoms with Gasteiger partial charge in [0.05, 0.1) is 27.0 Å². The minimum absolute atomic E-state index is 0.468. The molecule has 96 valence electrons. The van der Waals surface area contributed by atoms with Crippen molar-refractivity contribution in [3.05, 3.63) is 41.9 Å². The van der Waals surface area contributed by atoms with Gasteiger partial charge in [0.2, 0.25) is 0 Å². The van der Waals surface area contributed by atoms with Crippen LogP contribution in [0.3, 0.4) is 0 Å². The number of hydrogen-bond acceptors (Lipinski definition) is 3. The van der Waals surface area contributed by atoms with Crippen LogP contribution in [-0.2, 0) is 17.3 Å². The van der Waals surface area contributed by atoms with E-state index in [4.69, 9.17) is 17.3 Å². The van der Waals surface area contributed by atoms with Gasteiger partial charge in [0.25, 0.3) is 0 Å². The molecule has 1 unspecified atom stereocenters. The van der Waals surface area contributed by atoms with Crippen LogP contribution in [0.4, 0.5) is 5.69 Å². The maximum atomic E-state index is 12.1. The predicted octanol–water partition coefficient (Wildman–Crippen LogP) is 2.32. The second-order valence-corrected chi connectivity index (χ2v) is 5.84. The molecular formula is C12H14ClN3OS. The molecule has 0 amide bonds. The average Bonchev–Trinajstić information content (AvgIpc) is 2.81. The molecule has 18 heavy (non-hydrogen) atoms. The highest BCUT2D eigenvalue weighted by atomic mass is 35.5. The van der Waals surface area contributed by atoms with E-state index in [2.05, 4.69) is 4.98 Å². The van der Waals surface area contributed by atoms with Crippen molar-refractivity contribution in [1.29, 1.82) is 0 Å². The number of rotatable bonds is 5. The molecule has 0 aliphatic rings. The first-order valence-corrected chi connectivity index (χ1v) is 7.25. The summed E-state index contributed by atoms with van der Waals surface area (Å²) in [6.45, 7) is 0.804. The summed E-state index contributed by atoms with van der Waals surface area (Å²) in [5.41, 5.74) is 6.18. The van der Waals surface area contributed by atoms with E-state index in [1.54, 1.807) is 30.7 Å². The fraction of sp³-hybridized carbons (Fsp3) is 0.250. The third kappa shape index (κ3) is 3.34. The van der Waals surface area contributed by atoms with Crippen LogP contribution >= 0.6 is 11.6 Å². The lowest BCUT2D eigenvalue weighted by molar-refractivity contribution is 0.658. The number of imidazole rings is 1. The zero-order valence-corrected chi connectivity index (χ0v) is 11.3. The van der Waals surface area contributed by atoms with E-state index in [0.29, 0.717) is 21.4 Å². The number of nitrogen functional groups attached to an aromatic ring is 1. The predicted molar refractivity (Wildman–Crippen MR) is 74.0 cm³/mol. The Balaban J connectivity index is 1.91. The van der Waals surface area contributed by atoms with Crippen molar-refractivity contribution in [1.82, 2.24) is 9.55 Å². The summed E-state index contributed by atoms with van der Waals surface area (Å²) in [5, 5.41) is 0.468. The maximum Gasteiger partial charge on any atom is 0.0945 e. The van der Waals surface area contributed by atoms with Gasteiger partial charge in [-0.05, 0) is 24.6 Å². The Morgan fingerprint density at radius 1 is 1.44 bits per heavy atom. The molecule has 2 N–H and O–H groups in total. The molecule has 0 aliphatic heterocycles. The summed E-state index contributed by atoms with van der Waals surface area (Å²) in [4.78, 5) is 4.60. The molecule has 0 saturated carbocycles. The average molecular weight is 284 g/mol. The lowest BCUT2D eigenvalue weighted by atomic mass is 10.3. The monoisotopic (exact) mass is 283 g/mol. The fourth-order valence-electron chi connectivity index (χ4n) is 1.61.